The van der Waals surface area contributed by atoms with Gasteiger partial charge in [0.25, 0.3) is 0 Å². The molecule has 0 spiro atoms. The molecule has 11 heteroatoms. The Bertz CT molecular complexity index is 786. The van der Waals surface area contributed by atoms with Crippen molar-refractivity contribution in [2.75, 3.05) is 26.1 Å². The lowest BCUT2D eigenvalue weighted by Crippen LogP contribution is -2.43. The van der Waals surface area contributed by atoms with Gasteiger partial charge in [0.15, 0.2) is 15.7 Å². The summed E-state index contributed by atoms with van der Waals surface area (Å²) in [4.78, 5) is 36.3. The molecule has 0 aromatic heterocycles. The summed E-state index contributed by atoms with van der Waals surface area (Å²) in [5.41, 5.74) is -1.18. The summed E-state index contributed by atoms with van der Waals surface area (Å²) in [5.74, 6) is -2.14. The zero-order valence-corrected chi connectivity index (χ0v) is 16.5. The van der Waals surface area contributed by atoms with Crippen LogP contribution in [-0.2, 0) is 45.3 Å². The lowest BCUT2D eigenvalue weighted by molar-refractivity contribution is -0.170. The fourth-order valence-electron chi connectivity index (χ4n) is 2.73. The average molecular weight is 416 g/mol. The van der Waals surface area contributed by atoms with Gasteiger partial charge >= 0.3 is 17.9 Å². The average Bonchev–Trinajstić information content (AvgIpc) is 2.65. The van der Waals surface area contributed by atoms with Gasteiger partial charge in [-0.15, -0.1) is 0 Å². The number of nitrogens with one attached hydrogen (secondary N) is 1. The van der Waals surface area contributed by atoms with E-state index in [-0.39, 0.29) is 31.4 Å². The molecule has 0 aliphatic heterocycles. The van der Waals surface area contributed by atoms with Crippen molar-refractivity contribution in [3.05, 3.63) is 29.8 Å². The molecule has 0 unspecified atom stereocenters. The van der Waals surface area contributed by atoms with Crippen LogP contribution in [0.15, 0.2) is 24.3 Å². The number of anilines is 1. The van der Waals surface area contributed by atoms with Crippen LogP contribution in [-0.4, -0.2) is 52.2 Å². The van der Waals surface area contributed by atoms with Crippen molar-refractivity contribution in [3.8, 4) is 0 Å². The number of hydrogen-bond donors (Lipinski definition) is 1. The maximum atomic E-state index is 12.5. The molecule has 0 heterocycles. The minimum absolute atomic E-state index is 0.00352. The van der Waals surface area contributed by atoms with Crippen molar-refractivity contribution >= 4 is 33.9 Å². The molecule has 0 saturated heterocycles. The zero-order chi connectivity index (χ0) is 21.4. The third-order valence-corrected chi connectivity index (χ3v) is 4.55. The van der Waals surface area contributed by atoms with E-state index < -0.39 is 33.6 Å². The summed E-state index contributed by atoms with van der Waals surface area (Å²) in [6.07, 6.45) is 0.0235. The van der Waals surface area contributed by atoms with Crippen LogP contribution in [0.2, 0.25) is 0 Å². The molecule has 0 amide bonds. The molecule has 0 aliphatic carbocycles. The van der Waals surface area contributed by atoms with Gasteiger partial charge in [0.05, 0.1) is 21.3 Å². The van der Waals surface area contributed by atoms with Gasteiger partial charge in [-0.25, -0.2) is 8.42 Å². The first kappa shape index (κ1) is 23.4. The molecule has 0 atom stereocenters. The molecule has 0 saturated carbocycles. The molecule has 156 valence electrons. The van der Waals surface area contributed by atoms with E-state index in [4.69, 9.17) is 9.47 Å². The highest BCUT2D eigenvalue weighted by molar-refractivity contribution is 7.87. The first-order chi connectivity index (χ1) is 13.1. The topological polar surface area (TPSA) is 148 Å². The van der Waals surface area contributed by atoms with Gasteiger partial charge in [-0.2, -0.15) is 0 Å². The molecule has 0 fully saturated rings. The van der Waals surface area contributed by atoms with Crippen molar-refractivity contribution < 1.29 is 41.6 Å². The Morgan fingerprint density at radius 1 is 1.00 bits per heavy atom. The second kappa shape index (κ2) is 10.0. The predicted molar refractivity (Wildman–Crippen MR) is 95.8 cm³/mol. The highest BCUT2D eigenvalue weighted by Crippen LogP contribution is 2.33. The molecule has 0 aliphatic rings. The fourth-order valence-corrected chi connectivity index (χ4v) is 3.16. The summed E-state index contributed by atoms with van der Waals surface area (Å²) in [6, 6.07) is 5.54. The summed E-state index contributed by atoms with van der Waals surface area (Å²) < 4.78 is 48.1. The SMILES string of the molecule is COC(=O)CCCC(Cc1ccc(NS(=O)(=O)[O-])cc1)(C(=O)OC)C(=O)OC. The number of methoxy groups -OCH3 is 3. The van der Waals surface area contributed by atoms with Crippen LogP contribution in [0, 0.1) is 5.41 Å². The maximum absolute atomic E-state index is 12.5. The van der Waals surface area contributed by atoms with Crippen molar-refractivity contribution in [1.82, 2.24) is 0 Å². The largest absolute Gasteiger partial charge is 0.731 e. The fraction of sp³-hybridized carbons (Fsp3) is 0.471. The Balaban J connectivity index is 3.14. The molecule has 28 heavy (non-hydrogen) atoms. The van der Waals surface area contributed by atoms with Gasteiger partial charge in [0, 0.05) is 12.1 Å². The lowest BCUT2D eigenvalue weighted by atomic mass is 9.77. The number of hydrogen-bond acceptors (Lipinski definition) is 9. The molecule has 0 radical (unpaired) electrons. The van der Waals surface area contributed by atoms with Crippen LogP contribution >= 0.6 is 0 Å². The van der Waals surface area contributed by atoms with Gasteiger partial charge in [-0.05, 0) is 37.0 Å². The zero-order valence-electron chi connectivity index (χ0n) is 15.7. The summed E-state index contributed by atoms with van der Waals surface area (Å²) >= 11 is 0. The van der Waals surface area contributed by atoms with Crippen molar-refractivity contribution in [2.24, 2.45) is 5.41 Å². The number of carbonyl (C=O) groups is 3. The first-order valence-corrected chi connectivity index (χ1v) is 9.55. The van der Waals surface area contributed by atoms with Gasteiger partial charge < -0.3 is 18.8 Å². The standard InChI is InChI=1S/C17H23NO9S/c1-25-14(19)5-4-10-17(15(20)26-2,16(21)27-3)11-12-6-8-13(9-7-12)18-28(22,23)24/h6-9,18H,4-5,10-11H2,1-3H3,(H,22,23,24)/p-1. The summed E-state index contributed by atoms with van der Waals surface area (Å²) in [6.45, 7) is 0. The molecular weight excluding hydrogens is 394 g/mol. The minimum atomic E-state index is -4.67. The molecule has 0 bridgehead atoms. The Morgan fingerprint density at radius 2 is 1.54 bits per heavy atom. The number of ether oxygens (including phenoxy) is 3. The summed E-state index contributed by atoms with van der Waals surface area (Å²) in [5, 5.41) is 0. The van der Waals surface area contributed by atoms with Crippen LogP contribution in [0.25, 0.3) is 0 Å². The Morgan fingerprint density at radius 3 is 1.96 bits per heavy atom. The maximum Gasteiger partial charge on any atom is 0.323 e. The van der Waals surface area contributed by atoms with E-state index in [9.17, 15) is 27.4 Å². The van der Waals surface area contributed by atoms with E-state index in [1.165, 1.54) is 31.4 Å². The number of carbonyl (C=O) groups excluding carboxylic acids is 3. The smallest absolute Gasteiger partial charge is 0.323 e. The van der Waals surface area contributed by atoms with Crippen LogP contribution in [0.3, 0.4) is 0 Å². The highest BCUT2D eigenvalue weighted by atomic mass is 32.2. The van der Waals surface area contributed by atoms with Gasteiger partial charge in [0.1, 0.15) is 0 Å². The minimum Gasteiger partial charge on any atom is -0.731 e. The summed E-state index contributed by atoms with van der Waals surface area (Å²) in [7, 11) is -1.18. The van der Waals surface area contributed by atoms with E-state index in [2.05, 4.69) is 4.74 Å². The highest BCUT2D eigenvalue weighted by Gasteiger charge is 2.48. The van der Waals surface area contributed by atoms with E-state index in [0.717, 1.165) is 14.2 Å². The van der Waals surface area contributed by atoms with E-state index in [1.54, 1.807) is 4.72 Å². The molecule has 1 rings (SSSR count). The third kappa shape index (κ3) is 6.50. The predicted octanol–water partition coefficient (Wildman–Crippen LogP) is 0.777. The van der Waals surface area contributed by atoms with Crippen molar-refractivity contribution in [2.45, 2.75) is 25.7 Å². The second-order valence-electron chi connectivity index (χ2n) is 5.92. The van der Waals surface area contributed by atoms with Crippen LogP contribution in [0.1, 0.15) is 24.8 Å². The number of benzene rings is 1. The molecule has 10 nitrogen and oxygen atoms in total. The van der Waals surface area contributed by atoms with Gasteiger partial charge in [0.2, 0.25) is 0 Å². The van der Waals surface area contributed by atoms with Gasteiger partial charge in [-0.3, -0.25) is 19.1 Å². The molecule has 1 N–H and O–H groups in total. The Kier molecular flexibility index (Phi) is 8.38. The number of esters is 3. The van der Waals surface area contributed by atoms with Crippen molar-refractivity contribution in [3.63, 3.8) is 0 Å². The van der Waals surface area contributed by atoms with Crippen LogP contribution < -0.4 is 4.72 Å². The molecule has 1 aromatic carbocycles. The normalized spacial score (nSPS) is 11.4. The second-order valence-corrected chi connectivity index (χ2v) is 7.04. The van der Waals surface area contributed by atoms with E-state index in [0.29, 0.717) is 5.56 Å². The monoisotopic (exact) mass is 416 g/mol. The van der Waals surface area contributed by atoms with E-state index >= 15 is 0 Å². The Labute approximate surface area is 163 Å². The lowest BCUT2D eigenvalue weighted by Gasteiger charge is -2.28. The van der Waals surface area contributed by atoms with Crippen LogP contribution in [0.5, 0.6) is 0 Å². The van der Waals surface area contributed by atoms with Crippen molar-refractivity contribution in [1.29, 1.82) is 0 Å². The van der Waals surface area contributed by atoms with Gasteiger partial charge in [-0.1, -0.05) is 12.1 Å². The third-order valence-electron chi connectivity index (χ3n) is 4.07. The van der Waals surface area contributed by atoms with E-state index in [1.807, 2.05) is 0 Å². The molecular formula is C17H22NO9S-. The quantitative estimate of drug-likeness (QED) is 0.253. The van der Waals surface area contributed by atoms with Crippen LogP contribution in [0.4, 0.5) is 5.69 Å². The number of rotatable bonds is 10. The first-order valence-electron chi connectivity index (χ1n) is 8.14. The Hall–Kier alpha value is -2.66. The molecule has 1 aromatic rings.